The first kappa shape index (κ1) is 28.6. The van der Waals surface area contributed by atoms with Gasteiger partial charge in [0.05, 0.1) is 36.2 Å². The van der Waals surface area contributed by atoms with Crippen LogP contribution in [0.3, 0.4) is 0 Å². The number of carbonyl (C=O) groups excluding carboxylic acids is 4. The molecular formula is C32H25BrINO7. The summed E-state index contributed by atoms with van der Waals surface area (Å²) in [5.74, 6) is -3.00. The molecule has 4 unspecified atom stereocenters. The van der Waals surface area contributed by atoms with Crippen molar-refractivity contribution in [2.24, 2.45) is 23.7 Å². The second kappa shape index (κ2) is 11.0. The van der Waals surface area contributed by atoms with E-state index in [1.165, 1.54) is 25.2 Å². The zero-order valence-corrected chi connectivity index (χ0v) is 26.3. The molecule has 0 radical (unpaired) electrons. The van der Waals surface area contributed by atoms with E-state index in [1.807, 2.05) is 24.3 Å². The van der Waals surface area contributed by atoms with Gasteiger partial charge < -0.3 is 14.6 Å². The quantitative estimate of drug-likeness (QED) is 0.186. The monoisotopic (exact) mass is 741 g/mol. The Morgan fingerprint density at radius 3 is 2.31 bits per heavy atom. The third-order valence-electron chi connectivity index (χ3n) is 8.45. The van der Waals surface area contributed by atoms with Gasteiger partial charge in [0.15, 0.2) is 23.1 Å². The Morgan fingerprint density at radius 2 is 1.67 bits per heavy atom. The van der Waals surface area contributed by atoms with E-state index < -0.39 is 23.7 Å². The topological polar surface area (TPSA) is 110 Å². The highest BCUT2D eigenvalue weighted by atomic mass is 127. The molecular weight excluding hydrogens is 717 g/mol. The second-order valence-corrected chi connectivity index (χ2v) is 12.7. The van der Waals surface area contributed by atoms with E-state index in [9.17, 15) is 24.3 Å². The summed E-state index contributed by atoms with van der Waals surface area (Å²) in [7, 11) is 2.87. The lowest BCUT2D eigenvalue weighted by molar-refractivity contribution is -0.123. The molecule has 6 rings (SSSR count). The highest BCUT2D eigenvalue weighted by Gasteiger charge is 2.56. The van der Waals surface area contributed by atoms with E-state index in [-0.39, 0.29) is 51.5 Å². The van der Waals surface area contributed by atoms with Gasteiger partial charge >= 0.3 is 0 Å². The normalized spacial score (nSPS) is 25.3. The Labute approximate surface area is 264 Å². The van der Waals surface area contributed by atoms with Gasteiger partial charge in [-0.25, -0.2) is 0 Å². The van der Waals surface area contributed by atoms with Gasteiger partial charge in [-0.15, -0.1) is 0 Å². The maximum atomic E-state index is 13.9. The van der Waals surface area contributed by atoms with Crippen LogP contribution in [0.4, 0.5) is 5.69 Å². The largest absolute Gasteiger partial charge is 0.502 e. The van der Waals surface area contributed by atoms with Gasteiger partial charge in [0.1, 0.15) is 0 Å². The Bertz CT molecular complexity index is 1660. The summed E-state index contributed by atoms with van der Waals surface area (Å²) in [4.78, 5) is 55.5. The number of carbonyl (C=O) groups is 4. The summed E-state index contributed by atoms with van der Waals surface area (Å²) in [6.07, 6.45) is 7.42. The highest BCUT2D eigenvalue weighted by molar-refractivity contribution is 14.1. The number of hydrogen-bond donors (Lipinski definition) is 1. The number of halogens is 2. The molecule has 10 heteroatoms. The van der Waals surface area contributed by atoms with E-state index >= 15 is 0 Å². The minimum atomic E-state index is -0.650. The molecule has 214 valence electrons. The lowest BCUT2D eigenvalue weighted by Crippen LogP contribution is -2.40. The van der Waals surface area contributed by atoms with Crippen LogP contribution < -0.4 is 14.4 Å². The summed E-state index contributed by atoms with van der Waals surface area (Å²) in [6, 6.07) is 10.5. The standard InChI is InChI=1S/C32H25BrINO7/c1-41-25-11-15(12-26(42-2)30(25)38)3-8-19-18-9-10-20-28(21(18)13-22-27(19)24(36)14-23(33)29(22)37)32(40)35(31(20)39)17-6-4-16(34)5-7-17/h3-9,11-12,14,19-21,28,38H,10,13H2,1-2H3. The van der Waals surface area contributed by atoms with Crippen molar-refractivity contribution in [3.8, 4) is 17.2 Å². The lowest BCUT2D eigenvalue weighted by atomic mass is 9.61. The number of ketones is 2. The van der Waals surface area contributed by atoms with Crippen LogP contribution >= 0.6 is 38.5 Å². The molecule has 1 heterocycles. The van der Waals surface area contributed by atoms with E-state index in [1.54, 1.807) is 30.3 Å². The maximum absolute atomic E-state index is 13.9. The first-order chi connectivity index (χ1) is 20.1. The summed E-state index contributed by atoms with van der Waals surface area (Å²) >= 11 is 5.42. The minimum Gasteiger partial charge on any atom is -0.502 e. The van der Waals surface area contributed by atoms with Crippen LogP contribution in [0.5, 0.6) is 17.2 Å². The Morgan fingerprint density at radius 1 is 1.00 bits per heavy atom. The highest BCUT2D eigenvalue weighted by Crippen LogP contribution is 2.53. The molecule has 2 aromatic carbocycles. The van der Waals surface area contributed by atoms with E-state index in [2.05, 4.69) is 38.5 Å². The van der Waals surface area contributed by atoms with Gasteiger partial charge in [0.2, 0.25) is 17.6 Å². The number of Topliss-reactive ketones (excluding diaryl/α,β-unsaturated/α-hetero) is 1. The van der Waals surface area contributed by atoms with Gasteiger partial charge in [0, 0.05) is 26.7 Å². The first-order valence-electron chi connectivity index (χ1n) is 13.3. The lowest BCUT2D eigenvalue weighted by Gasteiger charge is -2.41. The third kappa shape index (κ3) is 4.55. The van der Waals surface area contributed by atoms with Crippen molar-refractivity contribution < 1.29 is 33.8 Å². The maximum Gasteiger partial charge on any atom is 0.238 e. The van der Waals surface area contributed by atoms with Crippen molar-refractivity contribution in [3.05, 3.63) is 85.0 Å². The van der Waals surface area contributed by atoms with Crippen molar-refractivity contribution in [2.75, 3.05) is 19.1 Å². The number of benzene rings is 2. The second-order valence-electron chi connectivity index (χ2n) is 10.6. The van der Waals surface area contributed by atoms with Crippen molar-refractivity contribution >= 4 is 73.7 Å². The average molecular weight is 742 g/mol. The van der Waals surface area contributed by atoms with Crippen molar-refractivity contribution in [1.29, 1.82) is 0 Å². The summed E-state index contributed by atoms with van der Waals surface area (Å²) in [6.45, 7) is 0. The summed E-state index contributed by atoms with van der Waals surface area (Å²) in [5, 5.41) is 10.3. The summed E-state index contributed by atoms with van der Waals surface area (Å²) in [5.41, 5.74) is 2.76. The fourth-order valence-corrected chi connectivity index (χ4v) is 7.35. The van der Waals surface area contributed by atoms with Crippen LogP contribution in [-0.2, 0) is 19.2 Å². The smallest absolute Gasteiger partial charge is 0.238 e. The minimum absolute atomic E-state index is 0.133. The Balaban J connectivity index is 1.43. The van der Waals surface area contributed by atoms with Crippen LogP contribution in [0, 0.1) is 27.2 Å². The van der Waals surface area contributed by atoms with Gasteiger partial charge in [-0.2, -0.15) is 0 Å². The molecule has 8 nitrogen and oxygen atoms in total. The van der Waals surface area contributed by atoms with Gasteiger partial charge in [-0.1, -0.05) is 23.8 Å². The van der Waals surface area contributed by atoms with Crippen molar-refractivity contribution in [1.82, 2.24) is 0 Å². The van der Waals surface area contributed by atoms with Crippen LogP contribution in [-0.4, -0.2) is 42.7 Å². The molecule has 0 spiro atoms. The molecule has 0 aromatic heterocycles. The van der Waals surface area contributed by atoms with Crippen molar-refractivity contribution in [2.45, 2.75) is 12.8 Å². The van der Waals surface area contributed by atoms with Crippen LogP contribution in [0.1, 0.15) is 18.4 Å². The number of ether oxygens (including phenoxy) is 2. The number of imide groups is 1. The van der Waals surface area contributed by atoms with E-state index in [0.29, 0.717) is 28.8 Å². The SMILES string of the molecule is COc1cc(C=CC2C3=CCC4C(=O)N(c5ccc(I)cc5)C(=O)C4C3CC3=C2C(=O)C=C(Br)C3=O)cc(OC)c1O. The molecule has 2 amide bonds. The van der Waals surface area contributed by atoms with Crippen LogP contribution in [0.15, 0.2) is 75.8 Å². The fraction of sp³-hybridized carbons (Fsp3) is 0.250. The predicted octanol–water partition coefficient (Wildman–Crippen LogP) is 5.53. The number of phenolic OH excluding ortho intramolecular Hbond substituents is 1. The number of methoxy groups -OCH3 is 2. The Hall–Kier alpha value is -3.51. The number of rotatable bonds is 5. The predicted molar refractivity (Wildman–Crippen MR) is 167 cm³/mol. The molecule has 42 heavy (non-hydrogen) atoms. The number of fused-ring (bicyclic) bond motifs is 3. The third-order valence-corrected chi connectivity index (χ3v) is 9.76. The fourth-order valence-electron chi connectivity index (χ4n) is 6.55. The molecule has 2 aromatic rings. The van der Waals surface area contributed by atoms with E-state index in [0.717, 1.165) is 9.14 Å². The molecule has 3 aliphatic carbocycles. The average Bonchev–Trinajstić information content (AvgIpc) is 3.24. The number of anilines is 1. The van der Waals surface area contributed by atoms with Crippen molar-refractivity contribution in [3.63, 3.8) is 0 Å². The molecule has 4 aliphatic rings. The number of aromatic hydroxyl groups is 1. The molecule has 1 N–H and O–H groups in total. The number of phenols is 1. The Kier molecular flexibility index (Phi) is 7.46. The van der Waals surface area contributed by atoms with Crippen LogP contribution in [0.25, 0.3) is 6.08 Å². The number of nitrogens with zero attached hydrogens (tertiary/aromatic N) is 1. The van der Waals surface area contributed by atoms with Gasteiger partial charge in [-0.3, -0.25) is 24.1 Å². The number of amides is 2. The molecule has 1 aliphatic heterocycles. The first-order valence-corrected chi connectivity index (χ1v) is 15.2. The zero-order chi connectivity index (χ0) is 29.9. The molecule has 1 fully saturated rings. The van der Waals surface area contributed by atoms with E-state index in [4.69, 9.17) is 9.47 Å². The van der Waals surface area contributed by atoms with Gasteiger partial charge in [0.25, 0.3) is 0 Å². The zero-order valence-electron chi connectivity index (χ0n) is 22.6. The molecule has 0 saturated carbocycles. The summed E-state index contributed by atoms with van der Waals surface area (Å²) < 4.78 is 11.7. The molecule has 1 saturated heterocycles. The molecule has 0 bridgehead atoms. The number of hydrogen-bond acceptors (Lipinski definition) is 7. The molecule has 4 atom stereocenters. The van der Waals surface area contributed by atoms with Gasteiger partial charge in [-0.05, 0) is 99.2 Å². The number of allylic oxidation sites excluding steroid dienone is 7. The van der Waals surface area contributed by atoms with Crippen LogP contribution in [0.2, 0.25) is 0 Å².